The number of carbonyl (C=O) groups is 2. The van der Waals surface area contributed by atoms with Crippen LogP contribution in [0.25, 0.3) is 0 Å². The lowest BCUT2D eigenvalue weighted by Crippen LogP contribution is -2.49. The van der Waals surface area contributed by atoms with Crippen molar-refractivity contribution in [2.75, 3.05) is 6.61 Å². The Balaban J connectivity index is 1.71. The summed E-state index contributed by atoms with van der Waals surface area (Å²) < 4.78 is 18.2. The van der Waals surface area contributed by atoms with Gasteiger partial charge in [0.1, 0.15) is 11.6 Å². The number of amides is 2. The monoisotopic (exact) mass is 375 g/mol. The first-order valence-corrected chi connectivity index (χ1v) is 8.26. The van der Waals surface area contributed by atoms with Gasteiger partial charge in [-0.3, -0.25) is 25.8 Å². The van der Waals surface area contributed by atoms with Crippen LogP contribution < -0.4 is 20.9 Å². The Kier molecular flexibility index (Phi) is 7.04. The van der Waals surface area contributed by atoms with Crippen molar-refractivity contribution in [3.05, 3.63) is 65.5 Å². The normalized spacial score (nSPS) is 9.92. The van der Waals surface area contributed by atoms with Gasteiger partial charge in [-0.1, -0.05) is 19.1 Å². The summed E-state index contributed by atoms with van der Waals surface area (Å²) >= 11 is 4.91. The zero-order valence-electron chi connectivity index (χ0n) is 14.0. The van der Waals surface area contributed by atoms with Crippen LogP contribution in [0.4, 0.5) is 4.39 Å². The van der Waals surface area contributed by atoms with E-state index in [1.165, 1.54) is 17.7 Å². The van der Waals surface area contributed by atoms with Crippen LogP contribution in [-0.4, -0.2) is 23.5 Å². The molecule has 2 amide bonds. The number of ether oxygens (including phenoxy) is 1. The van der Waals surface area contributed by atoms with Gasteiger partial charge in [0.25, 0.3) is 11.8 Å². The van der Waals surface area contributed by atoms with E-state index in [0.717, 1.165) is 18.6 Å². The number of halogens is 1. The van der Waals surface area contributed by atoms with E-state index in [-0.39, 0.29) is 17.3 Å². The number of nitrogens with one attached hydrogen (secondary N) is 3. The molecule has 2 aromatic rings. The molecule has 0 aliphatic carbocycles. The second kappa shape index (κ2) is 9.47. The molecule has 0 saturated carbocycles. The van der Waals surface area contributed by atoms with E-state index in [4.69, 9.17) is 17.0 Å². The van der Waals surface area contributed by atoms with E-state index in [2.05, 4.69) is 16.2 Å². The zero-order chi connectivity index (χ0) is 18.9. The summed E-state index contributed by atoms with van der Waals surface area (Å²) in [5.41, 5.74) is 6.11. The number of hydrogen-bond donors (Lipinski definition) is 3. The predicted molar refractivity (Wildman–Crippen MR) is 99.1 cm³/mol. The maximum atomic E-state index is 12.8. The summed E-state index contributed by atoms with van der Waals surface area (Å²) in [5.74, 6) is -0.865. The van der Waals surface area contributed by atoms with Crippen LogP contribution in [0.1, 0.15) is 22.8 Å². The molecule has 2 aromatic carbocycles. The number of hydrazine groups is 1. The maximum Gasteiger partial charge on any atom is 0.276 e. The van der Waals surface area contributed by atoms with Crippen molar-refractivity contribution in [1.29, 1.82) is 0 Å². The largest absolute Gasteiger partial charge is 0.484 e. The highest BCUT2D eigenvalue weighted by Gasteiger charge is 2.09. The molecule has 26 heavy (non-hydrogen) atoms. The second-order valence-electron chi connectivity index (χ2n) is 5.25. The minimum atomic E-state index is -0.524. The van der Waals surface area contributed by atoms with Crippen LogP contribution in [0.5, 0.6) is 5.75 Å². The number of rotatable bonds is 5. The molecule has 0 saturated heterocycles. The van der Waals surface area contributed by atoms with E-state index < -0.39 is 17.6 Å². The summed E-state index contributed by atoms with van der Waals surface area (Å²) in [6.45, 7) is 1.83. The van der Waals surface area contributed by atoms with E-state index in [9.17, 15) is 14.0 Å². The summed E-state index contributed by atoms with van der Waals surface area (Å²) in [5, 5.41) is 2.26. The minimum Gasteiger partial charge on any atom is -0.484 e. The molecular formula is C18H18FN3O3S. The fourth-order valence-electron chi connectivity index (χ4n) is 1.94. The molecule has 8 heteroatoms. The second-order valence-corrected chi connectivity index (χ2v) is 5.66. The topological polar surface area (TPSA) is 79.5 Å². The summed E-state index contributed by atoms with van der Waals surface area (Å²) in [7, 11) is 0. The van der Waals surface area contributed by atoms with Crippen LogP contribution >= 0.6 is 12.2 Å². The average Bonchev–Trinajstić information content (AvgIpc) is 2.65. The lowest BCUT2D eigenvalue weighted by Gasteiger charge is -2.11. The molecule has 136 valence electrons. The van der Waals surface area contributed by atoms with Crippen molar-refractivity contribution in [3.8, 4) is 5.75 Å². The molecule has 0 aromatic heterocycles. The number of carbonyl (C=O) groups excluding carboxylic acids is 2. The lowest BCUT2D eigenvalue weighted by atomic mass is 10.2. The van der Waals surface area contributed by atoms with Gasteiger partial charge in [-0.15, -0.1) is 0 Å². The van der Waals surface area contributed by atoms with Crippen molar-refractivity contribution >= 4 is 29.1 Å². The number of benzene rings is 2. The van der Waals surface area contributed by atoms with Gasteiger partial charge >= 0.3 is 0 Å². The first-order chi connectivity index (χ1) is 12.5. The first kappa shape index (κ1) is 19.3. The Bertz CT molecular complexity index is 779. The molecule has 0 radical (unpaired) electrons. The van der Waals surface area contributed by atoms with Gasteiger partial charge < -0.3 is 4.74 Å². The van der Waals surface area contributed by atoms with Crippen LogP contribution in [0.15, 0.2) is 48.5 Å². The van der Waals surface area contributed by atoms with E-state index in [1.807, 2.05) is 19.1 Å². The molecule has 0 fully saturated rings. The first-order valence-electron chi connectivity index (χ1n) is 7.85. The molecule has 3 N–H and O–H groups in total. The van der Waals surface area contributed by atoms with E-state index >= 15 is 0 Å². The Hall–Kier alpha value is -3.00. The van der Waals surface area contributed by atoms with Gasteiger partial charge in [0, 0.05) is 5.56 Å². The molecule has 0 heterocycles. The maximum absolute atomic E-state index is 12.8. The molecule has 0 spiro atoms. The molecular weight excluding hydrogens is 357 g/mol. The zero-order valence-corrected chi connectivity index (χ0v) is 14.9. The van der Waals surface area contributed by atoms with Crippen LogP contribution in [-0.2, 0) is 11.2 Å². The van der Waals surface area contributed by atoms with Crippen LogP contribution in [0, 0.1) is 5.82 Å². The Morgan fingerprint density at radius 2 is 1.69 bits per heavy atom. The van der Waals surface area contributed by atoms with Crippen molar-refractivity contribution in [1.82, 2.24) is 16.2 Å². The van der Waals surface area contributed by atoms with Crippen LogP contribution in [0.2, 0.25) is 0 Å². The molecule has 0 bridgehead atoms. The summed E-state index contributed by atoms with van der Waals surface area (Å²) in [4.78, 5) is 23.6. The highest BCUT2D eigenvalue weighted by atomic mass is 32.1. The fourth-order valence-corrected chi connectivity index (χ4v) is 2.08. The number of hydrogen-bond acceptors (Lipinski definition) is 4. The lowest BCUT2D eigenvalue weighted by molar-refractivity contribution is -0.123. The third kappa shape index (κ3) is 6.14. The quantitative estimate of drug-likeness (QED) is 0.551. The van der Waals surface area contributed by atoms with E-state index in [1.54, 1.807) is 12.1 Å². The Morgan fingerprint density at radius 3 is 2.31 bits per heavy atom. The predicted octanol–water partition coefficient (Wildman–Crippen LogP) is 2.10. The molecule has 0 aliphatic rings. The molecule has 2 rings (SSSR count). The summed E-state index contributed by atoms with van der Waals surface area (Å²) in [6, 6.07) is 12.4. The van der Waals surface area contributed by atoms with Gasteiger partial charge in [-0.2, -0.15) is 0 Å². The van der Waals surface area contributed by atoms with Crippen molar-refractivity contribution in [3.63, 3.8) is 0 Å². The number of aryl methyl sites for hydroxylation is 1. The molecule has 0 aliphatic heterocycles. The van der Waals surface area contributed by atoms with Gasteiger partial charge in [0.15, 0.2) is 11.7 Å². The SMILES string of the molecule is CCc1ccc(OCC(=O)NNC(=S)NC(=O)c2ccc(F)cc2)cc1. The Labute approximate surface area is 155 Å². The van der Waals surface area contributed by atoms with Crippen molar-refractivity contribution < 1.29 is 18.7 Å². The molecule has 0 atom stereocenters. The molecule has 6 nitrogen and oxygen atoms in total. The molecule has 0 unspecified atom stereocenters. The standard InChI is InChI=1S/C18H18FN3O3S/c1-2-12-3-9-15(10-4-12)25-11-16(23)21-22-18(26)20-17(24)13-5-7-14(19)8-6-13/h3-10H,2,11H2,1H3,(H,21,23)(H2,20,22,24,26). The Morgan fingerprint density at radius 1 is 1.04 bits per heavy atom. The van der Waals surface area contributed by atoms with Crippen LogP contribution in [0.3, 0.4) is 0 Å². The number of thiocarbonyl (C=S) groups is 1. The van der Waals surface area contributed by atoms with Gasteiger partial charge in [0.2, 0.25) is 0 Å². The van der Waals surface area contributed by atoms with Gasteiger partial charge in [0.05, 0.1) is 0 Å². The highest BCUT2D eigenvalue weighted by Crippen LogP contribution is 2.12. The minimum absolute atomic E-state index is 0.0972. The third-order valence-corrected chi connectivity index (χ3v) is 3.55. The van der Waals surface area contributed by atoms with Gasteiger partial charge in [-0.05, 0) is 60.6 Å². The van der Waals surface area contributed by atoms with Crippen molar-refractivity contribution in [2.45, 2.75) is 13.3 Å². The third-order valence-electron chi connectivity index (χ3n) is 3.35. The summed E-state index contributed by atoms with van der Waals surface area (Å²) in [6.07, 6.45) is 0.922. The fraction of sp³-hybridized carbons (Fsp3) is 0.167. The highest BCUT2D eigenvalue weighted by molar-refractivity contribution is 7.80. The smallest absolute Gasteiger partial charge is 0.276 e. The van der Waals surface area contributed by atoms with Gasteiger partial charge in [-0.25, -0.2) is 4.39 Å². The van der Waals surface area contributed by atoms with E-state index in [0.29, 0.717) is 5.75 Å². The van der Waals surface area contributed by atoms with Crippen molar-refractivity contribution in [2.24, 2.45) is 0 Å². The average molecular weight is 375 g/mol.